The van der Waals surface area contributed by atoms with Gasteiger partial charge in [0, 0.05) is 26.6 Å². The van der Waals surface area contributed by atoms with Crippen molar-refractivity contribution in [3.05, 3.63) is 35.4 Å². The van der Waals surface area contributed by atoms with E-state index in [0.29, 0.717) is 19.8 Å². The molecule has 104 valence electrons. The van der Waals surface area contributed by atoms with Crippen LogP contribution in [-0.4, -0.2) is 43.7 Å². The first kappa shape index (κ1) is 14.0. The number of fused-ring (bicyclic) bond motifs is 1. The van der Waals surface area contributed by atoms with Crippen LogP contribution in [0, 0.1) is 0 Å². The quantitative estimate of drug-likeness (QED) is 0.810. The van der Waals surface area contributed by atoms with E-state index in [4.69, 9.17) is 9.47 Å². The summed E-state index contributed by atoms with van der Waals surface area (Å²) in [5, 5.41) is 0. The molecule has 0 aliphatic carbocycles. The standard InChI is InChI=1S/C15H21NO3/c1-3-18-11-15(17)16(2)9-14-8-12-6-4-5-7-13(12)10-19-14/h4-7,14H,3,8-11H2,1-2H3/t14-/m0/s1. The molecule has 0 radical (unpaired) electrons. The third kappa shape index (κ3) is 3.78. The van der Waals surface area contributed by atoms with Gasteiger partial charge in [-0.2, -0.15) is 0 Å². The minimum Gasteiger partial charge on any atom is -0.372 e. The highest BCUT2D eigenvalue weighted by atomic mass is 16.5. The molecule has 19 heavy (non-hydrogen) atoms. The van der Waals surface area contributed by atoms with Crippen LogP contribution >= 0.6 is 0 Å². The van der Waals surface area contributed by atoms with Crippen LogP contribution in [0.2, 0.25) is 0 Å². The third-order valence-corrected chi connectivity index (χ3v) is 3.37. The van der Waals surface area contributed by atoms with Crippen molar-refractivity contribution in [3.8, 4) is 0 Å². The van der Waals surface area contributed by atoms with Crippen molar-refractivity contribution in [2.45, 2.75) is 26.1 Å². The topological polar surface area (TPSA) is 38.8 Å². The summed E-state index contributed by atoms with van der Waals surface area (Å²) in [5.41, 5.74) is 2.58. The summed E-state index contributed by atoms with van der Waals surface area (Å²) in [4.78, 5) is 13.5. The zero-order valence-corrected chi connectivity index (χ0v) is 11.6. The minimum absolute atomic E-state index is 0.00399. The van der Waals surface area contributed by atoms with Crippen molar-refractivity contribution < 1.29 is 14.3 Å². The molecule has 1 aromatic carbocycles. The van der Waals surface area contributed by atoms with E-state index in [9.17, 15) is 4.79 Å². The van der Waals surface area contributed by atoms with Crippen LogP contribution < -0.4 is 0 Å². The number of rotatable bonds is 5. The van der Waals surface area contributed by atoms with Gasteiger partial charge in [0.25, 0.3) is 0 Å². The molecule has 1 aliphatic heterocycles. The maximum atomic E-state index is 11.8. The SMILES string of the molecule is CCOCC(=O)N(C)C[C@@H]1Cc2ccccc2CO1. The van der Waals surface area contributed by atoms with Crippen LogP contribution in [0.3, 0.4) is 0 Å². The smallest absolute Gasteiger partial charge is 0.248 e. The number of ether oxygens (including phenoxy) is 2. The number of hydrogen-bond acceptors (Lipinski definition) is 3. The molecule has 1 atom stereocenters. The zero-order valence-electron chi connectivity index (χ0n) is 11.6. The van der Waals surface area contributed by atoms with Crippen molar-refractivity contribution in [1.29, 1.82) is 0 Å². The molecule has 1 heterocycles. The predicted molar refractivity (Wildman–Crippen MR) is 72.9 cm³/mol. The van der Waals surface area contributed by atoms with Gasteiger partial charge in [-0.05, 0) is 18.1 Å². The van der Waals surface area contributed by atoms with Gasteiger partial charge in [-0.15, -0.1) is 0 Å². The predicted octanol–water partition coefficient (Wildman–Crippen LogP) is 1.62. The van der Waals surface area contributed by atoms with E-state index in [-0.39, 0.29) is 18.6 Å². The van der Waals surface area contributed by atoms with Crippen LogP contribution in [0.4, 0.5) is 0 Å². The van der Waals surface area contributed by atoms with E-state index in [2.05, 4.69) is 12.1 Å². The number of carbonyl (C=O) groups excluding carboxylic acids is 1. The lowest BCUT2D eigenvalue weighted by Crippen LogP contribution is -2.39. The molecule has 0 aromatic heterocycles. The van der Waals surface area contributed by atoms with Gasteiger partial charge in [0.05, 0.1) is 12.7 Å². The molecular formula is C15H21NO3. The monoisotopic (exact) mass is 263 g/mol. The fourth-order valence-electron chi connectivity index (χ4n) is 2.23. The fourth-order valence-corrected chi connectivity index (χ4v) is 2.23. The van der Waals surface area contributed by atoms with Crippen molar-refractivity contribution in [1.82, 2.24) is 4.90 Å². The average molecular weight is 263 g/mol. The number of benzene rings is 1. The Morgan fingerprint density at radius 3 is 2.89 bits per heavy atom. The van der Waals surface area contributed by atoms with Gasteiger partial charge in [-0.25, -0.2) is 0 Å². The molecule has 0 saturated heterocycles. The normalized spacial score (nSPS) is 17.9. The molecule has 0 unspecified atom stereocenters. The molecule has 2 rings (SSSR count). The van der Waals surface area contributed by atoms with Gasteiger partial charge in [0.2, 0.25) is 5.91 Å². The maximum absolute atomic E-state index is 11.8. The summed E-state index contributed by atoms with van der Waals surface area (Å²) in [5.74, 6) is 0.00399. The Kier molecular flexibility index (Phi) is 4.93. The molecule has 0 spiro atoms. The van der Waals surface area contributed by atoms with Gasteiger partial charge in [-0.1, -0.05) is 24.3 Å². The molecule has 4 heteroatoms. The van der Waals surface area contributed by atoms with Crippen LogP contribution in [0.1, 0.15) is 18.1 Å². The molecule has 0 bridgehead atoms. The maximum Gasteiger partial charge on any atom is 0.248 e. The highest BCUT2D eigenvalue weighted by molar-refractivity contribution is 5.77. The molecule has 0 saturated carbocycles. The molecular weight excluding hydrogens is 242 g/mol. The first-order valence-corrected chi connectivity index (χ1v) is 6.70. The molecule has 1 aliphatic rings. The summed E-state index contributed by atoms with van der Waals surface area (Å²) in [6, 6.07) is 8.30. The average Bonchev–Trinajstić information content (AvgIpc) is 2.44. The highest BCUT2D eigenvalue weighted by Crippen LogP contribution is 2.20. The van der Waals surface area contributed by atoms with Gasteiger partial charge < -0.3 is 14.4 Å². The van der Waals surface area contributed by atoms with Gasteiger partial charge >= 0.3 is 0 Å². The highest BCUT2D eigenvalue weighted by Gasteiger charge is 2.21. The third-order valence-electron chi connectivity index (χ3n) is 3.37. The van der Waals surface area contributed by atoms with E-state index < -0.39 is 0 Å². The first-order valence-electron chi connectivity index (χ1n) is 6.70. The second-order valence-electron chi connectivity index (χ2n) is 4.82. The summed E-state index contributed by atoms with van der Waals surface area (Å²) in [6.07, 6.45) is 0.938. The lowest BCUT2D eigenvalue weighted by atomic mass is 9.99. The van der Waals surface area contributed by atoms with Crippen LogP contribution in [0.5, 0.6) is 0 Å². The first-order chi connectivity index (χ1) is 9.20. The summed E-state index contributed by atoms with van der Waals surface area (Å²) in [6.45, 7) is 3.84. The molecule has 1 aromatic rings. The number of nitrogens with zero attached hydrogens (tertiary/aromatic N) is 1. The fraction of sp³-hybridized carbons (Fsp3) is 0.533. The largest absolute Gasteiger partial charge is 0.372 e. The summed E-state index contributed by atoms with van der Waals surface area (Å²) in [7, 11) is 1.80. The Labute approximate surface area is 114 Å². The van der Waals surface area contributed by atoms with Crippen LogP contribution in [-0.2, 0) is 27.3 Å². The van der Waals surface area contributed by atoms with Crippen LogP contribution in [0.15, 0.2) is 24.3 Å². The minimum atomic E-state index is 0.00399. The zero-order chi connectivity index (χ0) is 13.7. The lowest BCUT2D eigenvalue weighted by molar-refractivity contribution is -0.136. The Morgan fingerprint density at radius 1 is 1.42 bits per heavy atom. The van der Waals surface area contributed by atoms with Crippen molar-refractivity contribution in [2.24, 2.45) is 0 Å². The van der Waals surface area contributed by atoms with E-state index in [1.807, 2.05) is 19.1 Å². The Morgan fingerprint density at radius 2 is 2.16 bits per heavy atom. The van der Waals surface area contributed by atoms with Crippen molar-refractivity contribution >= 4 is 5.91 Å². The number of hydrogen-bond donors (Lipinski definition) is 0. The van der Waals surface area contributed by atoms with Gasteiger partial charge in [0.1, 0.15) is 6.61 Å². The molecule has 4 nitrogen and oxygen atoms in total. The second kappa shape index (κ2) is 6.68. The van der Waals surface area contributed by atoms with Crippen LogP contribution in [0.25, 0.3) is 0 Å². The summed E-state index contributed by atoms with van der Waals surface area (Å²) >= 11 is 0. The lowest BCUT2D eigenvalue weighted by Gasteiger charge is -2.29. The molecule has 0 N–H and O–H groups in total. The molecule has 1 amide bonds. The van der Waals surface area contributed by atoms with Crippen molar-refractivity contribution in [3.63, 3.8) is 0 Å². The number of carbonyl (C=O) groups is 1. The van der Waals surface area contributed by atoms with Crippen molar-refractivity contribution in [2.75, 3.05) is 26.8 Å². The van der Waals surface area contributed by atoms with Gasteiger partial charge in [0.15, 0.2) is 0 Å². The second-order valence-corrected chi connectivity index (χ2v) is 4.82. The Hall–Kier alpha value is -1.39. The van der Waals surface area contributed by atoms with E-state index >= 15 is 0 Å². The summed E-state index contributed by atoms with van der Waals surface area (Å²) < 4.78 is 10.9. The van der Waals surface area contributed by atoms with E-state index in [0.717, 1.165) is 6.42 Å². The number of likely N-dealkylation sites (N-methyl/N-ethyl adjacent to an activating group) is 1. The van der Waals surface area contributed by atoms with E-state index in [1.54, 1.807) is 11.9 Å². The number of amides is 1. The van der Waals surface area contributed by atoms with E-state index in [1.165, 1.54) is 11.1 Å². The molecule has 0 fully saturated rings. The Balaban J connectivity index is 1.86. The Bertz CT molecular complexity index is 433. The van der Waals surface area contributed by atoms with Gasteiger partial charge in [-0.3, -0.25) is 4.79 Å².